The van der Waals surface area contributed by atoms with E-state index in [2.05, 4.69) is 25.5 Å². The number of methoxy groups -OCH3 is 2. The first-order valence-electron chi connectivity index (χ1n) is 9.70. The Morgan fingerprint density at radius 2 is 1.72 bits per heavy atom. The van der Waals surface area contributed by atoms with Crippen LogP contribution in [0.2, 0.25) is 0 Å². The lowest BCUT2D eigenvalue weighted by atomic mass is 10.2. The third-order valence-electron chi connectivity index (χ3n) is 4.87. The number of aromatic nitrogens is 1. The van der Waals surface area contributed by atoms with Crippen LogP contribution in [-0.4, -0.2) is 39.8 Å². The average molecular weight is 458 g/mol. The molecule has 11 heteroatoms. The zero-order valence-corrected chi connectivity index (χ0v) is 18.8. The summed E-state index contributed by atoms with van der Waals surface area (Å²) in [5.41, 5.74) is 2.37. The first-order valence-corrected chi connectivity index (χ1v) is 11.1. The minimum Gasteiger partial charge on any atom is -0.497 e. The highest BCUT2D eigenvalue weighted by atomic mass is 32.2. The number of amidine groups is 1. The van der Waals surface area contributed by atoms with E-state index >= 15 is 0 Å². The van der Waals surface area contributed by atoms with Crippen LogP contribution >= 0.6 is 0 Å². The summed E-state index contributed by atoms with van der Waals surface area (Å²) in [5.74, 6) is 1.50. The number of ether oxygens (including phenoxy) is 2. The topological polar surface area (TPSA) is 127 Å². The Morgan fingerprint density at radius 1 is 1.06 bits per heavy atom. The van der Waals surface area contributed by atoms with E-state index in [4.69, 9.17) is 14.0 Å². The number of benzene rings is 2. The minimum absolute atomic E-state index is 0.0486. The number of sulfonamides is 1. The summed E-state index contributed by atoms with van der Waals surface area (Å²) in [6.07, 6.45) is -0.697. The van der Waals surface area contributed by atoms with Crippen molar-refractivity contribution >= 4 is 32.9 Å². The number of hydrogen-bond donors (Lipinski definition) is 3. The molecule has 0 saturated carbocycles. The van der Waals surface area contributed by atoms with Crippen LogP contribution in [0.15, 0.2) is 56.3 Å². The Morgan fingerprint density at radius 3 is 2.31 bits per heavy atom. The molecule has 1 unspecified atom stereocenters. The van der Waals surface area contributed by atoms with Crippen LogP contribution in [-0.2, 0) is 10.0 Å². The van der Waals surface area contributed by atoms with E-state index in [0.29, 0.717) is 22.9 Å². The van der Waals surface area contributed by atoms with Crippen LogP contribution in [0.4, 0.5) is 17.1 Å². The van der Waals surface area contributed by atoms with Gasteiger partial charge in [-0.3, -0.25) is 0 Å². The molecule has 4 rings (SSSR count). The largest absolute Gasteiger partial charge is 0.497 e. The van der Waals surface area contributed by atoms with E-state index in [1.54, 1.807) is 39.3 Å². The Balaban J connectivity index is 1.76. The summed E-state index contributed by atoms with van der Waals surface area (Å²) in [7, 11) is -0.984. The lowest BCUT2D eigenvalue weighted by molar-refractivity contribution is 0.390. The monoisotopic (exact) mass is 457 g/mol. The van der Waals surface area contributed by atoms with Crippen LogP contribution in [0.5, 0.6) is 11.5 Å². The van der Waals surface area contributed by atoms with Gasteiger partial charge in [0, 0.05) is 23.9 Å². The molecular weight excluding hydrogens is 434 g/mol. The first kappa shape index (κ1) is 21.5. The molecule has 1 atom stereocenters. The zero-order chi connectivity index (χ0) is 22.9. The van der Waals surface area contributed by atoms with Crippen LogP contribution in [0.3, 0.4) is 0 Å². The van der Waals surface area contributed by atoms with Gasteiger partial charge >= 0.3 is 0 Å². The predicted octanol–water partition coefficient (Wildman–Crippen LogP) is 3.37. The fraction of sp³-hybridized carbons (Fsp3) is 0.238. The predicted molar refractivity (Wildman–Crippen MR) is 121 cm³/mol. The number of fused-ring (bicyclic) bond motifs is 1. The number of aryl methyl sites for hydroxylation is 2. The number of anilines is 3. The lowest BCUT2D eigenvalue weighted by Crippen LogP contribution is -2.45. The van der Waals surface area contributed by atoms with E-state index in [9.17, 15) is 8.42 Å². The summed E-state index contributed by atoms with van der Waals surface area (Å²) < 4.78 is 45.9. The van der Waals surface area contributed by atoms with Gasteiger partial charge in [0.25, 0.3) is 10.0 Å². The van der Waals surface area contributed by atoms with E-state index in [1.807, 2.05) is 24.3 Å². The molecule has 32 heavy (non-hydrogen) atoms. The molecule has 0 saturated heterocycles. The van der Waals surface area contributed by atoms with Gasteiger partial charge in [-0.15, -0.1) is 4.40 Å². The molecule has 1 aromatic heterocycles. The molecular formula is C21H23N5O5S. The fourth-order valence-corrected chi connectivity index (χ4v) is 4.72. The molecule has 2 aromatic carbocycles. The molecule has 0 amide bonds. The van der Waals surface area contributed by atoms with Gasteiger partial charge in [0.05, 0.1) is 25.6 Å². The van der Waals surface area contributed by atoms with Crippen molar-refractivity contribution in [1.29, 1.82) is 0 Å². The third kappa shape index (κ3) is 4.19. The molecule has 0 radical (unpaired) electrons. The van der Waals surface area contributed by atoms with Gasteiger partial charge in [0.1, 0.15) is 17.2 Å². The SMILES string of the molecule is COc1cc(NC2Nc3ccccc3NC2=NS(=O)(=O)c2c(C)noc2C)cc(OC)c1. The van der Waals surface area contributed by atoms with E-state index in [1.165, 1.54) is 6.92 Å². The van der Waals surface area contributed by atoms with Gasteiger partial charge in [-0.2, -0.15) is 8.42 Å². The normalized spacial score (nSPS) is 16.6. The molecule has 0 fully saturated rings. The van der Waals surface area contributed by atoms with Gasteiger partial charge in [0.2, 0.25) is 0 Å². The van der Waals surface area contributed by atoms with Gasteiger partial charge in [-0.25, -0.2) is 0 Å². The number of nitrogens with one attached hydrogen (secondary N) is 3. The molecule has 10 nitrogen and oxygen atoms in total. The van der Waals surface area contributed by atoms with Gasteiger partial charge in [-0.1, -0.05) is 17.3 Å². The van der Waals surface area contributed by atoms with Crippen molar-refractivity contribution in [3.05, 3.63) is 53.9 Å². The van der Waals surface area contributed by atoms with E-state index in [0.717, 1.165) is 5.69 Å². The number of rotatable bonds is 6. The van der Waals surface area contributed by atoms with Gasteiger partial charge in [-0.05, 0) is 26.0 Å². The summed E-state index contributed by atoms with van der Waals surface area (Å²) in [4.78, 5) is -0.0486. The Kier molecular flexibility index (Phi) is 5.66. The number of para-hydroxylation sites is 2. The third-order valence-corrected chi connectivity index (χ3v) is 6.41. The van der Waals surface area contributed by atoms with Crippen molar-refractivity contribution in [3.8, 4) is 11.5 Å². The minimum atomic E-state index is -4.09. The second-order valence-electron chi connectivity index (χ2n) is 7.10. The number of hydrogen-bond acceptors (Lipinski definition) is 8. The van der Waals surface area contributed by atoms with Crippen molar-refractivity contribution in [3.63, 3.8) is 0 Å². The van der Waals surface area contributed by atoms with E-state index in [-0.39, 0.29) is 22.2 Å². The highest BCUT2D eigenvalue weighted by molar-refractivity contribution is 7.90. The molecule has 1 aliphatic rings. The van der Waals surface area contributed by atoms with E-state index < -0.39 is 16.2 Å². The Bertz CT molecular complexity index is 1240. The summed E-state index contributed by atoms with van der Waals surface area (Å²) in [6.45, 7) is 3.09. The maximum Gasteiger partial charge on any atom is 0.289 e. The molecule has 2 heterocycles. The summed E-state index contributed by atoms with van der Waals surface area (Å²) in [5, 5.41) is 13.4. The highest BCUT2D eigenvalue weighted by Gasteiger charge is 2.29. The van der Waals surface area contributed by atoms with Crippen LogP contribution < -0.4 is 25.4 Å². The smallest absolute Gasteiger partial charge is 0.289 e. The summed E-state index contributed by atoms with van der Waals surface area (Å²) >= 11 is 0. The molecule has 0 bridgehead atoms. The maximum atomic E-state index is 13.1. The van der Waals surface area contributed by atoms with Crippen molar-refractivity contribution in [2.24, 2.45) is 4.40 Å². The fourth-order valence-electron chi connectivity index (χ4n) is 3.41. The van der Waals surface area contributed by atoms with Crippen LogP contribution in [0.1, 0.15) is 11.5 Å². The van der Waals surface area contributed by atoms with Crippen LogP contribution in [0, 0.1) is 13.8 Å². The zero-order valence-electron chi connectivity index (χ0n) is 18.0. The molecule has 0 spiro atoms. The molecule has 1 aliphatic heterocycles. The molecule has 168 valence electrons. The maximum absolute atomic E-state index is 13.1. The molecule has 3 N–H and O–H groups in total. The quantitative estimate of drug-likeness (QED) is 0.510. The van der Waals surface area contributed by atoms with Gasteiger partial charge in [0.15, 0.2) is 22.7 Å². The molecule has 3 aromatic rings. The van der Waals surface area contributed by atoms with Crippen molar-refractivity contribution in [2.75, 3.05) is 30.2 Å². The van der Waals surface area contributed by atoms with Gasteiger partial charge < -0.3 is 29.9 Å². The highest BCUT2D eigenvalue weighted by Crippen LogP contribution is 2.31. The Labute approximate surface area is 185 Å². The van der Waals surface area contributed by atoms with Crippen molar-refractivity contribution in [1.82, 2.24) is 5.16 Å². The second kappa shape index (κ2) is 8.42. The Hall–Kier alpha value is -3.73. The van der Waals surface area contributed by atoms with Crippen molar-refractivity contribution < 1.29 is 22.4 Å². The number of nitrogens with zero attached hydrogens (tertiary/aromatic N) is 2. The van der Waals surface area contributed by atoms with Crippen LogP contribution in [0.25, 0.3) is 0 Å². The second-order valence-corrected chi connectivity index (χ2v) is 8.64. The summed E-state index contributed by atoms with van der Waals surface area (Å²) in [6, 6.07) is 12.7. The standard InChI is InChI=1S/C21H23N5O5S/c1-12-19(13(2)31-25-12)32(27,28)26-21-20(23-17-7-5-6-8-18(17)24-21)22-14-9-15(29-3)11-16(10-14)30-4/h5-11,20,22-23H,1-4H3,(H,24,26). The first-order chi connectivity index (χ1) is 15.3. The molecule has 0 aliphatic carbocycles. The lowest BCUT2D eigenvalue weighted by Gasteiger charge is -2.31. The average Bonchev–Trinajstić information content (AvgIpc) is 3.12. The van der Waals surface area contributed by atoms with Crippen molar-refractivity contribution in [2.45, 2.75) is 24.9 Å².